The molecule has 0 aromatic heterocycles. The lowest BCUT2D eigenvalue weighted by molar-refractivity contribution is 0.282. The number of sulfonamides is 1. The standard InChI is InChI=1S/C13H21BrN2O3S/c1-10-8-11(14)12(15)9-13(10)20(18,19)16-6-4-2-3-5-7-17/h8-9,16-17H,2-7,15H2,1H3. The maximum atomic E-state index is 12.2. The molecule has 0 bridgehead atoms. The molecule has 20 heavy (non-hydrogen) atoms. The van der Waals surface area contributed by atoms with E-state index in [1.807, 2.05) is 0 Å². The van der Waals surface area contributed by atoms with Gasteiger partial charge in [-0.15, -0.1) is 0 Å². The third-order valence-corrected chi connectivity index (χ3v) is 5.25. The van der Waals surface area contributed by atoms with Crippen LogP contribution in [0.3, 0.4) is 0 Å². The van der Waals surface area contributed by atoms with E-state index < -0.39 is 10.0 Å². The van der Waals surface area contributed by atoms with E-state index in [0.717, 1.165) is 25.7 Å². The van der Waals surface area contributed by atoms with E-state index in [-0.39, 0.29) is 11.5 Å². The first-order valence-corrected chi connectivity index (χ1v) is 8.82. The molecule has 1 aromatic rings. The van der Waals surface area contributed by atoms with Crippen molar-refractivity contribution in [2.75, 3.05) is 18.9 Å². The number of benzene rings is 1. The lowest BCUT2D eigenvalue weighted by Gasteiger charge is -2.11. The van der Waals surface area contributed by atoms with Gasteiger partial charge in [-0.05, 0) is 53.4 Å². The summed E-state index contributed by atoms with van der Waals surface area (Å²) < 4.78 is 27.6. The van der Waals surface area contributed by atoms with Crippen molar-refractivity contribution in [1.29, 1.82) is 0 Å². The average Bonchev–Trinajstić information content (AvgIpc) is 2.37. The maximum Gasteiger partial charge on any atom is 0.240 e. The molecule has 0 aliphatic carbocycles. The summed E-state index contributed by atoms with van der Waals surface area (Å²) in [5.74, 6) is 0. The van der Waals surface area contributed by atoms with Crippen molar-refractivity contribution in [1.82, 2.24) is 4.72 Å². The van der Waals surface area contributed by atoms with Crippen molar-refractivity contribution in [2.45, 2.75) is 37.5 Å². The number of hydrogen-bond donors (Lipinski definition) is 3. The monoisotopic (exact) mass is 364 g/mol. The van der Waals surface area contributed by atoms with Gasteiger partial charge in [0.05, 0.1) is 4.90 Å². The minimum atomic E-state index is -3.52. The molecule has 7 heteroatoms. The molecule has 114 valence electrons. The van der Waals surface area contributed by atoms with Crippen LogP contribution < -0.4 is 10.5 Å². The number of aryl methyl sites for hydroxylation is 1. The molecule has 0 unspecified atom stereocenters. The van der Waals surface area contributed by atoms with Crippen molar-refractivity contribution in [3.63, 3.8) is 0 Å². The van der Waals surface area contributed by atoms with E-state index in [4.69, 9.17) is 10.8 Å². The molecule has 1 rings (SSSR count). The number of nitrogens with one attached hydrogen (secondary N) is 1. The summed E-state index contributed by atoms with van der Waals surface area (Å²) in [6.45, 7) is 2.31. The first-order valence-electron chi connectivity index (χ1n) is 6.54. The SMILES string of the molecule is Cc1cc(Br)c(N)cc1S(=O)(=O)NCCCCCCO. The van der Waals surface area contributed by atoms with Gasteiger partial charge in [-0.1, -0.05) is 12.8 Å². The Balaban J connectivity index is 2.63. The summed E-state index contributed by atoms with van der Waals surface area (Å²) >= 11 is 3.27. The molecule has 0 radical (unpaired) electrons. The van der Waals surface area contributed by atoms with Crippen LogP contribution in [0.1, 0.15) is 31.2 Å². The van der Waals surface area contributed by atoms with Gasteiger partial charge in [0.2, 0.25) is 10.0 Å². The second-order valence-corrected chi connectivity index (χ2v) is 7.26. The van der Waals surface area contributed by atoms with Crippen LogP contribution >= 0.6 is 15.9 Å². The lowest BCUT2D eigenvalue weighted by atomic mass is 10.2. The van der Waals surface area contributed by atoms with Crippen LogP contribution in [0, 0.1) is 6.92 Å². The van der Waals surface area contributed by atoms with Gasteiger partial charge in [-0.25, -0.2) is 13.1 Å². The smallest absolute Gasteiger partial charge is 0.240 e. The van der Waals surface area contributed by atoms with Crippen molar-refractivity contribution in [3.05, 3.63) is 22.2 Å². The Bertz CT molecular complexity index is 547. The minimum Gasteiger partial charge on any atom is -0.398 e. The summed E-state index contributed by atoms with van der Waals surface area (Å²) in [6.07, 6.45) is 3.31. The second-order valence-electron chi connectivity index (χ2n) is 4.67. The number of aliphatic hydroxyl groups excluding tert-OH is 1. The van der Waals surface area contributed by atoms with E-state index in [2.05, 4.69) is 20.7 Å². The number of aliphatic hydroxyl groups is 1. The quantitative estimate of drug-likeness (QED) is 0.486. The van der Waals surface area contributed by atoms with Crippen molar-refractivity contribution in [3.8, 4) is 0 Å². The molecular weight excluding hydrogens is 344 g/mol. The van der Waals surface area contributed by atoms with Crippen LogP contribution in [0.2, 0.25) is 0 Å². The van der Waals surface area contributed by atoms with Gasteiger partial charge in [0.15, 0.2) is 0 Å². The van der Waals surface area contributed by atoms with Crippen molar-refractivity contribution >= 4 is 31.6 Å². The number of nitrogens with two attached hydrogens (primary N) is 1. The molecule has 0 amide bonds. The summed E-state index contributed by atoms with van der Waals surface area (Å²) in [5, 5.41) is 8.65. The van der Waals surface area contributed by atoms with Crippen LogP contribution in [0.4, 0.5) is 5.69 Å². The first kappa shape index (κ1) is 17.4. The largest absolute Gasteiger partial charge is 0.398 e. The van der Waals surface area contributed by atoms with Crippen molar-refractivity contribution < 1.29 is 13.5 Å². The molecule has 0 fully saturated rings. The Morgan fingerprint density at radius 2 is 1.90 bits per heavy atom. The summed E-state index contributed by atoms with van der Waals surface area (Å²) in [5.41, 5.74) is 6.79. The minimum absolute atomic E-state index is 0.184. The Labute approximate surface area is 128 Å². The molecule has 1 aromatic carbocycles. The number of nitrogen functional groups attached to an aromatic ring is 1. The summed E-state index contributed by atoms with van der Waals surface area (Å²) in [7, 11) is -3.52. The van der Waals surface area contributed by atoms with Gasteiger partial charge in [-0.2, -0.15) is 0 Å². The Morgan fingerprint density at radius 1 is 1.25 bits per heavy atom. The van der Waals surface area contributed by atoms with Crippen LogP contribution in [0.15, 0.2) is 21.5 Å². The zero-order valence-electron chi connectivity index (χ0n) is 11.5. The van der Waals surface area contributed by atoms with E-state index in [9.17, 15) is 8.42 Å². The average molecular weight is 365 g/mol. The molecule has 5 nitrogen and oxygen atoms in total. The summed E-state index contributed by atoms with van der Waals surface area (Å²) in [4.78, 5) is 0.216. The van der Waals surface area contributed by atoms with E-state index in [0.29, 0.717) is 22.3 Å². The lowest BCUT2D eigenvalue weighted by Crippen LogP contribution is -2.25. The van der Waals surface area contributed by atoms with Gasteiger partial charge in [-0.3, -0.25) is 0 Å². The van der Waals surface area contributed by atoms with E-state index >= 15 is 0 Å². The van der Waals surface area contributed by atoms with E-state index in [1.165, 1.54) is 6.07 Å². The number of unbranched alkanes of at least 4 members (excludes halogenated alkanes) is 3. The van der Waals surface area contributed by atoms with Crippen molar-refractivity contribution in [2.24, 2.45) is 0 Å². The highest BCUT2D eigenvalue weighted by atomic mass is 79.9. The van der Waals surface area contributed by atoms with Gasteiger partial charge in [0.25, 0.3) is 0 Å². The number of anilines is 1. The summed E-state index contributed by atoms with van der Waals surface area (Å²) in [6, 6.07) is 3.17. The van der Waals surface area contributed by atoms with Crippen LogP contribution in [-0.2, 0) is 10.0 Å². The van der Waals surface area contributed by atoms with Gasteiger partial charge in [0, 0.05) is 23.3 Å². The number of halogens is 1. The zero-order valence-corrected chi connectivity index (χ0v) is 13.9. The fourth-order valence-electron chi connectivity index (χ4n) is 1.83. The topological polar surface area (TPSA) is 92.4 Å². The first-order chi connectivity index (χ1) is 9.38. The highest BCUT2D eigenvalue weighted by molar-refractivity contribution is 9.10. The predicted molar refractivity (Wildman–Crippen MR) is 84.0 cm³/mol. The molecule has 4 N–H and O–H groups in total. The third kappa shape index (κ3) is 5.05. The fraction of sp³-hybridized carbons (Fsp3) is 0.538. The Kier molecular flexibility index (Phi) is 6.94. The molecule has 0 saturated carbocycles. The zero-order chi connectivity index (χ0) is 15.2. The highest BCUT2D eigenvalue weighted by Crippen LogP contribution is 2.26. The Morgan fingerprint density at radius 3 is 2.55 bits per heavy atom. The van der Waals surface area contributed by atoms with Crippen LogP contribution in [-0.4, -0.2) is 26.7 Å². The Hall–Kier alpha value is -0.630. The molecule has 0 spiro atoms. The third-order valence-electron chi connectivity index (χ3n) is 2.96. The number of rotatable bonds is 8. The van der Waals surface area contributed by atoms with E-state index in [1.54, 1.807) is 13.0 Å². The fourth-order valence-corrected chi connectivity index (χ4v) is 3.62. The van der Waals surface area contributed by atoms with Crippen LogP contribution in [0.25, 0.3) is 0 Å². The number of hydrogen-bond acceptors (Lipinski definition) is 4. The van der Waals surface area contributed by atoms with Gasteiger partial charge >= 0.3 is 0 Å². The van der Waals surface area contributed by atoms with Crippen LogP contribution in [0.5, 0.6) is 0 Å². The highest BCUT2D eigenvalue weighted by Gasteiger charge is 2.17. The molecule has 0 atom stereocenters. The molecule has 0 aliphatic heterocycles. The predicted octanol–water partition coefficient (Wildman–Crippen LogP) is 2.17. The van der Waals surface area contributed by atoms with Gasteiger partial charge < -0.3 is 10.8 Å². The normalized spacial score (nSPS) is 11.8. The van der Waals surface area contributed by atoms with Gasteiger partial charge in [0.1, 0.15) is 0 Å². The maximum absolute atomic E-state index is 12.2. The molecular formula is C13H21BrN2O3S. The molecule has 0 aliphatic rings. The molecule has 0 saturated heterocycles. The second kappa shape index (κ2) is 7.97. The molecule has 0 heterocycles.